The molecule has 2 fully saturated rings. The van der Waals surface area contributed by atoms with Crippen LogP contribution in [0.25, 0.3) is 5.57 Å². The highest BCUT2D eigenvalue weighted by atomic mass is 15.1. The summed E-state index contributed by atoms with van der Waals surface area (Å²) in [5.41, 5.74) is 15.4. The Balaban J connectivity index is 0.000000296. The van der Waals surface area contributed by atoms with Crippen molar-refractivity contribution in [2.45, 2.75) is 58.8 Å². The molecule has 4 rings (SSSR count). The Labute approximate surface area is 179 Å². The predicted molar refractivity (Wildman–Crippen MR) is 130 cm³/mol. The molecule has 4 N–H and O–H groups in total. The molecule has 0 unspecified atom stereocenters. The van der Waals surface area contributed by atoms with Gasteiger partial charge in [-0.3, -0.25) is 0 Å². The summed E-state index contributed by atoms with van der Waals surface area (Å²) in [6.45, 7) is 10.6. The van der Waals surface area contributed by atoms with Gasteiger partial charge in [-0.2, -0.15) is 0 Å². The van der Waals surface area contributed by atoms with Crippen molar-refractivity contribution in [3.63, 3.8) is 0 Å². The minimum Gasteiger partial charge on any atom is -0.333 e. The standard InChI is InChI=1S/C17H18.C6H14N2.C2H6.CH5N/c1-13-4-2-3-5-17(12-13)16-10-8-15(9-11-16)14-6-7-14;7-3-6-8-4-1-2-5-8;2*1-2/h3-5,8-12,14H,2,6-7H2,1H3;1-7H2;1-2H3;2H2,1H3. The van der Waals surface area contributed by atoms with Crippen molar-refractivity contribution < 1.29 is 0 Å². The molecule has 162 valence electrons. The molecule has 0 spiro atoms. The Morgan fingerprint density at radius 1 is 1.00 bits per heavy atom. The van der Waals surface area contributed by atoms with Gasteiger partial charge in [-0.25, -0.2) is 0 Å². The van der Waals surface area contributed by atoms with Gasteiger partial charge in [0.05, 0.1) is 0 Å². The van der Waals surface area contributed by atoms with E-state index in [0.29, 0.717) is 0 Å². The average Bonchev–Trinajstić information content (AvgIpc) is 3.54. The summed E-state index contributed by atoms with van der Waals surface area (Å²) >= 11 is 0. The number of benzene rings is 1. The molecule has 3 nitrogen and oxygen atoms in total. The molecule has 0 atom stereocenters. The monoisotopic (exact) mass is 397 g/mol. The lowest BCUT2D eigenvalue weighted by molar-refractivity contribution is 0.349. The van der Waals surface area contributed by atoms with Crippen molar-refractivity contribution in [3.8, 4) is 0 Å². The third kappa shape index (κ3) is 9.58. The fraction of sp³-hybridized carbons (Fsp3) is 0.538. The lowest BCUT2D eigenvalue weighted by Gasteiger charge is -2.11. The van der Waals surface area contributed by atoms with Crippen LogP contribution in [-0.4, -0.2) is 38.1 Å². The lowest BCUT2D eigenvalue weighted by Crippen LogP contribution is -2.26. The molecule has 0 amide bonds. The molecule has 1 heterocycles. The molecule has 1 saturated heterocycles. The van der Waals surface area contributed by atoms with Crippen LogP contribution in [0.5, 0.6) is 0 Å². The van der Waals surface area contributed by atoms with E-state index in [0.717, 1.165) is 25.4 Å². The largest absolute Gasteiger partial charge is 0.333 e. The van der Waals surface area contributed by atoms with Gasteiger partial charge in [0, 0.05) is 13.1 Å². The van der Waals surface area contributed by atoms with Gasteiger partial charge in [-0.05, 0) is 81.8 Å². The van der Waals surface area contributed by atoms with Gasteiger partial charge in [0.25, 0.3) is 0 Å². The third-order valence-corrected chi connectivity index (χ3v) is 5.19. The van der Waals surface area contributed by atoms with Crippen molar-refractivity contribution in [1.29, 1.82) is 0 Å². The normalized spacial score (nSPS) is 18.0. The van der Waals surface area contributed by atoms with E-state index < -0.39 is 0 Å². The Morgan fingerprint density at radius 3 is 2.17 bits per heavy atom. The van der Waals surface area contributed by atoms with E-state index in [2.05, 4.69) is 66.1 Å². The maximum Gasteiger partial charge on any atom is 0.0105 e. The highest BCUT2D eigenvalue weighted by Gasteiger charge is 2.22. The van der Waals surface area contributed by atoms with Gasteiger partial charge in [-0.1, -0.05) is 68.0 Å². The molecule has 2 aliphatic carbocycles. The van der Waals surface area contributed by atoms with Crippen molar-refractivity contribution in [2.24, 2.45) is 11.5 Å². The molecule has 1 aromatic carbocycles. The summed E-state index contributed by atoms with van der Waals surface area (Å²) in [6, 6.07) is 9.13. The first-order valence-electron chi connectivity index (χ1n) is 11.4. The topological polar surface area (TPSA) is 55.3 Å². The summed E-state index contributed by atoms with van der Waals surface area (Å²) in [5.74, 6) is 0.851. The van der Waals surface area contributed by atoms with E-state index in [1.807, 2.05) is 13.8 Å². The van der Waals surface area contributed by atoms with Crippen molar-refractivity contribution in [3.05, 3.63) is 65.3 Å². The number of hydrogen-bond acceptors (Lipinski definition) is 3. The maximum absolute atomic E-state index is 5.37. The Bertz CT molecular complexity index is 630. The van der Waals surface area contributed by atoms with E-state index in [1.54, 1.807) is 0 Å². The van der Waals surface area contributed by atoms with Crippen LogP contribution in [0.1, 0.15) is 69.9 Å². The second-order valence-corrected chi connectivity index (χ2v) is 7.42. The van der Waals surface area contributed by atoms with Gasteiger partial charge in [0.1, 0.15) is 0 Å². The van der Waals surface area contributed by atoms with Crippen LogP contribution in [0.3, 0.4) is 0 Å². The average molecular weight is 398 g/mol. The van der Waals surface area contributed by atoms with E-state index in [-0.39, 0.29) is 0 Å². The predicted octanol–water partition coefficient (Wildman–Crippen LogP) is 5.50. The van der Waals surface area contributed by atoms with Crippen LogP contribution in [0.2, 0.25) is 0 Å². The van der Waals surface area contributed by atoms with Crippen LogP contribution in [0, 0.1) is 0 Å². The number of likely N-dealkylation sites (tertiary alicyclic amines) is 1. The molecular weight excluding hydrogens is 354 g/mol. The van der Waals surface area contributed by atoms with Crippen LogP contribution in [0.4, 0.5) is 0 Å². The highest BCUT2D eigenvalue weighted by Crippen LogP contribution is 2.40. The molecule has 3 heteroatoms. The Morgan fingerprint density at radius 2 is 1.62 bits per heavy atom. The molecule has 3 aliphatic rings. The van der Waals surface area contributed by atoms with Gasteiger partial charge >= 0.3 is 0 Å². The first-order chi connectivity index (χ1) is 14.3. The lowest BCUT2D eigenvalue weighted by atomic mass is 10.0. The summed E-state index contributed by atoms with van der Waals surface area (Å²) < 4.78 is 0. The SMILES string of the molecule is CC.CC1=CCC=CC(c2ccc(C3CC3)cc2)=C1.CN.NCCN1CCCC1. The number of hydrogen-bond donors (Lipinski definition) is 2. The number of nitrogens with zero attached hydrogens (tertiary/aromatic N) is 1. The fourth-order valence-corrected chi connectivity index (χ4v) is 3.53. The van der Waals surface area contributed by atoms with Crippen LogP contribution in [0.15, 0.2) is 54.1 Å². The second kappa shape index (κ2) is 15.2. The molecule has 1 aromatic rings. The molecule has 29 heavy (non-hydrogen) atoms. The molecular formula is C26H43N3. The first kappa shape index (κ1) is 25.4. The zero-order valence-electron chi connectivity index (χ0n) is 19.2. The number of nitrogens with two attached hydrogens (primary N) is 2. The Hall–Kier alpha value is -1.68. The van der Waals surface area contributed by atoms with Gasteiger partial charge in [0.2, 0.25) is 0 Å². The first-order valence-corrected chi connectivity index (χ1v) is 11.4. The van der Waals surface area contributed by atoms with Crippen molar-refractivity contribution >= 4 is 5.57 Å². The van der Waals surface area contributed by atoms with Gasteiger partial charge < -0.3 is 16.4 Å². The highest BCUT2D eigenvalue weighted by molar-refractivity contribution is 5.76. The fourth-order valence-electron chi connectivity index (χ4n) is 3.53. The van der Waals surface area contributed by atoms with E-state index in [9.17, 15) is 0 Å². The zero-order chi connectivity index (χ0) is 21.5. The van der Waals surface area contributed by atoms with Gasteiger partial charge in [0.15, 0.2) is 0 Å². The van der Waals surface area contributed by atoms with Crippen LogP contribution >= 0.6 is 0 Å². The quantitative estimate of drug-likeness (QED) is 0.706. The van der Waals surface area contributed by atoms with Gasteiger partial charge in [-0.15, -0.1) is 0 Å². The minimum atomic E-state index is 0.819. The van der Waals surface area contributed by atoms with E-state index in [1.165, 1.54) is 68.1 Å². The molecule has 1 saturated carbocycles. The van der Waals surface area contributed by atoms with E-state index >= 15 is 0 Å². The van der Waals surface area contributed by atoms with E-state index in [4.69, 9.17) is 5.73 Å². The van der Waals surface area contributed by atoms with Crippen LogP contribution in [-0.2, 0) is 0 Å². The Kier molecular flexibility index (Phi) is 13.3. The molecule has 0 aromatic heterocycles. The third-order valence-electron chi connectivity index (χ3n) is 5.19. The second-order valence-electron chi connectivity index (χ2n) is 7.42. The summed E-state index contributed by atoms with van der Waals surface area (Å²) in [7, 11) is 1.50. The maximum atomic E-state index is 5.37. The smallest absolute Gasteiger partial charge is 0.0105 e. The molecule has 1 aliphatic heterocycles. The van der Waals surface area contributed by atoms with Crippen molar-refractivity contribution in [2.75, 3.05) is 33.2 Å². The zero-order valence-corrected chi connectivity index (χ0v) is 19.2. The summed E-state index contributed by atoms with van der Waals surface area (Å²) in [6.07, 6.45) is 15.6. The summed E-state index contributed by atoms with van der Waals surface area (Å²) in [4.78, 5) is 2.42. The van der Waals surface area contributed by atoms with Crippen LogP contribution < -0.4 is 11.5 Å². The van der Waals surface area contributed by atoms with Crippen molar-refractivity contribution in [1.82, 2.24) is 4.90 Å². The summed E-state index contributed by atoms with van der Waals surface area (Å²) in [5, 5.41) is 0. The molecule has 0 bridgehead atoms. The minimum absolute atomic E-state index is 0.819. The number of allylic oxidation sites excluding steroid dienone is 6. The number of rotatable bonds is 4. The molecule has 0 radical (unpaired) electrons.